The van der Waals surface area contributed by atoms with Crippen LogP contribution < -0.4 is 11.1 Å². The number of unbranched alkanes of at least 4 members (excludes halogenated alkanes) is 2. The summed E-state index contributed by atoms with van der Waals surface area (Å²) in [6, 6.07) is -0.873. The average molecular weight is 274 g/mol. The van der Waals surface area contributed by atoms with Crippen molar-refractivity contribution in [1.82, 2.24) is 5.32 Å². The molecule has 112 valence electrons. The quantitative estimate of drug-likeness (QED) is 0.528. The van der Waals surface area contributed by atoms with E-state index in [4.69, 9.17) is 15.6 Å². The highest BCUT2D eigenvalue weighted by Crippen LogP contribution is 2.07. The molecular weight excluding hydrogens is 248 g/mol. The van der Waals surface area contributed by atoms with Crippen LogP contribution in [0.25, 0.3) is 0 Å². The summed E-state index contributed by atoms with van der Waals surface area (Å²) >= 11 is 0. The van der Waals surface area contributed by atoms with Crippen LogP contribution in [0.15, 0.2) is 0 Å². The van der Waals surface area contributed by atoms with Crippen LogP contribution >= 0.6 is 0 Å². The summed E-state index contributed by atoms with van der Waals surface area (Å²) in [6.45, 7) is 4.34. The molecule has 0 aliphatic rings. The standard InChI is InChI=1S/C13H26N2O4/c1-3-7-11(12(16)17)15-13(18)19-10(2)8-5-4-6-9-14/h10-11H,3-9,14H2,1-2H3,(H,15,18)(H,16,17)/t10?,11-/m0/s1. The summed E-state index contributed by atoms with van der Waals surface area (Å²) in [5, 5.41) is 11.3. The Morgan fingerprint density at radius 1 is 1.26 bits per heavy atom. The first kappa shape index (κ1) is 17.7. The third kappa shape index (κ3) is 9.30. The second kappa shape index (κ2) is 10.6. The molecule has 2 atom stereocenters. The molecule has 0 aromatic heterocycles. The van der Waals surface area contributed by atoms with E-state index in [0.717, 1.165) is 25.7 Å². The first-order valence-corrected chi connectivity index (χ1v) is 6.91. The van der Waals surface area contributed by atoms with Gasteiger partial charge in [0, 0.05) is 0 Å². The first-order valence-electron chi connectivity index (χ1n) is 6.91. The summed E-state index contributed by atoms with van der Waals surface area (Å²) in [4.78, 5) is 22.4. The molecule has 0 radical (unpaired) electrons. The lowest BCUT2D eigenvalue weighted by Crippen LogP contribution is -2.41. The molecule has 4 N–H and O–H groups in total. The average Bonchev–Trinajstić information content (AvgIpc) is 2.34. The van der Waals surface area contributed by atoms with Crippen molar-refractivity contribution < 1.29 is 19.4 Å². The number of hydrogen-bond donors (Lipinski definition) is 3. The van der Waals surface area contributed by atoms with Gasteiger partial charge in [0.15, 0.2) is 0 Å². The molecule has 0 saturated heterocycles. The number of rotatable bonds is 10. The number of alkyl carbamates (subject to hydrolysis) is 1. The Balaban J connectivity index is 3.90. The van der Waals surface area contributed by atoms with Gasteiger partial charge in [-0.2, -0.15) is 0 Å². The van der Waals surface area contributed by atoms with Gasteiger partial charge in [-0.15, -0.1) is 0 Å². The number of carbonyl (C=O) groups excluding carboxylic acids is 1. The zero-order chi connectivity index (χ0) is 14.7. The van der Waals surface area contributed by atoms with Gasteiger partial charge in [0.25, 0.3) is 0 Å². The van der Waals surface area contributed by atoms with Gasteiger partial charge in [-0.25, -0.2) is 9.59 Å². The summed E-state index contributed by atoms with van der Waals surface area (Å²) in [7, 11) is 0. The number of ether oxygens (including phenoxy) is 1. The Hall–Kier alpha value is -1.30. The fraction of sp³-hybridized carbons (Fsp3) is 0.846. The normalized spacial score (nSPS) is 13.6. The van der Waals surface area contributed by atoms with Crippen molar-refractivity contribution in [3.63, 3.8) is 0 Å². The molecule has 0 bridgehead atoms. The van der Waals surface area contributed by atoms with E-state index in [1.807, 2.05) is 6.92 Å². The molecule has 0 fully saturated rings. The minimum Gasteiger partial charge on any atom is -0.480 e. The van der Waals surface area contributed by atoms with E-state index < -0.39 is 18.1 Å². The van der Waals surface area contributed by atoms with Gasteiger partial charge >= 0.3 is 12.1 Å². The van der Waals surface area contributed by atoms with Crippen molar-refractivity contribution in [2.45, 2.75) is 64.5 Å². The lowest BCUT2D eigenvalue weighted by Gasteiger charge is -2.17. The van der Waals surface area contributed by atoms with E-state index in [2.05, 4.69) is 5.32 Å². The molecule has 6 nitrogen and oxygen atoms in total. The molecule has 0 aromatic carbocycles. The second-order valence-electron chi connectivity index (χ2n) is 4.68. The lowest BCUT2D eigenvalue weighted by atomic mass is 10.1. The zero-order valence-corrected chi connectivity index (χ0v) is 11.9. The maximum atomic E-state index is 11.5. The Labute approximate surface area is 114 Å². The molecule has 0 spiro atoms. The molecule has 0 aromatic rings. The number of carbonyl (C=O) groups is 2. The van der Waals surface area contributed by atoms with Crippen LogP contribution in [0.1, 0.15) is 52.4 Å². The molecule has 1 amide bonds. The van der Waals surface area contributed by atoms with Crippen LogP contribution in [0.3, 0.4) is 0 Å². The largest absolute Gasteiger partial charge is 0.480 e. The van der Waals surface area contributed by atoms with Gasteiger partial charge in [-0.1, -0.05) is 19.8 Å². The van der Waals surface area contributed by atoms with Crippen molar-refractivity contribution in [3.8, 4) is 0 Å². The number of nitrogens with two attached hydrogens (primary N) is 1. The number of carboxylic acid groups (broad SMARTS) is 1. The van der Waals surface area contributed by atoms with E-state index in [1.165, 1.54) is 0 Å². The predicted octanol–water partition coefficient (Wildman–Crippen LogP) is 1.87. The number of aliphatic carboxylic acids is 1. The molecule has 6 heteroatoms. The van der Waals surface area contributed by atoms with Crippen LogP contribution in [0.2, 0.25) is 0 Å². The molecule has 0 aliphatic heterocycles. The predicted molar refractivity (Wildman–Crippen MR) is 72.9 cm³/mol. The zero-order valence-electron chi connectivity index (χ0n) is 11.9. The van der Waals surface area contributed by atoms with Crippen molar-refractivity contribution in [2.24, 2.45) is 5.73 Å². The molecule has 0 aliphatic carbocycles. The van der Waals surface area contributed by atoms with Crippen molar-refractivity contribution in [2.75, 3.05) is 6.54 Å². The van der Waals surface area contributed by atoms with Gasteiger partial charge in [-0.3, -0.25) is 0 Å². The maximum absolute atomic E-state index is 11.5. The van der Waals surface area contributed by atoms with E-state index in [1.54, 1.807) is 6.92 Å². The molecule has 0 heterocycles. The number of carboxylic acids is 1. The van der Waals surface area contributed by atoms with Gasteiger partial charge < -0.3 is 20.9 Å². The molecule has 19 heavy (non-hydrogen) atoms. The monoisotopic (exact) mass is 274 g/mol. The van der Waals surface area contributed by atoms with E-state index in [9.17, 15) is 9.59 Å². The highest BCUT2D eigenvalue weighted by molar-refractivity contribution is 5.79. The summed E-state index contributed by atoms with van der Waals surface area (Å²) in [5.74, 6) is -1.03. The molecule has 0 rings (SSSR count). The molecular formula is C13H26N2O4. The van der Waals surface area contributed by atoms with Crippen LogP contribution in [0.4, 0.5) is 4.79 Å². The summed E-state index contributed by atoms with van der Waals surface area (Å²) in [5.41, 5.74) is 5.39. The van der Waals surface area contributed by atoms with E-state index in [-0.39, 0.29) is 6.10 Å². The Bertz CT molecular complexity index is 271. The fourth-order valence-corrected chi connectivity index (χ4v) is 1.72. The van der Waals surface area contributed by atoms with Crippen molar-refractivity contribution in [1.29, 1.82) is 0 Å². The smallest absolute Gasteiger partial charge is 0.408 e. The van der Waals surface area contributed by atoms with E-state index >= 15 is 0 Å². The Morgan fingerprint density at radius 2 is 1.95 bits per heavy atom. The minimum atomic E-state index is -1.03. The van der Waals surface area contributed by atoms with Crippen LogP contribution in [0.5, 0.6) is 0 Å². The minimum absolute atomic E-state index is 0.214. The lowest BCUT2D eigenvalue weighted by molar-refractivity contribution is -0.139. The van der Waals surface area contributed by atoms with Gasteiger partial charge in [0.1, 0.15) is 12.1 Å². The third-order valence-corrected chi connectivity index (χ3v) is 2.79. The molecule has 0 saturated carbocycles. The second-order valence-corrected chi connectivity index (χ2v) is 4.68. The summed E-state index contributed by atoms with van der Waals surface area (Å²) < 4.78 is 5.11. The van der Waals surface area contributed by atoms with Gasteiger partial charge in [0.05, 0.1) is 0 Å². The Kier molecular flexibility index (Phi) is 9.88. The van der Waals surface area contributed by atoms with Crippen molar-refractivity contribution in [3.05, 3.63) is 0 Å². The van der Waals surface area contributed by atoms with Gasteiger partial charge in [0.2, 0.25) is 0 Å². The number of nitrogens with one attached hydrogen (secondary N) is 1. The molecule has 1 unspecified atom stereocenters. The van der Waals surface area contributed by atoms with Crippen LogP contribution in [-0.2, 0) is 9.53 Å². The maximum Gasteiger partial charge on any atom is 0.408 e. The number of amides is 1. The Morgan fingerprint density at radius 3 is 2.47 bits per heavy atom. The van der Waals surface area contributed by atoms with E-state index in [0.29, 0.717) is 19.4 Å². The number of hydrogen-bond acceptors (Lipinski definition) is 4. The third-order valence-electron chi connectivity index (χ3n) is 2.79. The SMILES string of the molecule is CCC[C@H](NC(=O)OC(C)CCCCCN)C(=O)O. The fourth-order valence-electron chi connectivity index (χ4n) is 1.72. The van der Waals surface area contributed by atoms with Crippen LogP contribution in [0, 0.1) is 0 Å². The first-order chi connectivity index (χ1) is 9.01. The van der Waals surface area contributed by atoms with Gasteiger partial charge in [-0.05, 0) is 39.2 Å². The summed E-state index contributed by atoms with van der Waals surface area (Å²) in [6.07, 6.45) is 3.90. The van der Waals surface area contributed by atoms with Crippen molar-refractivity contribution >= 4 is 12.1 Å². The highest BCUT2D eigenvalue weighted by Gasteiger charge is 2.20. The highest BCUT2D eigenvalue weighted by atomic mass is 16.6. The topological polar surface area (TPSA) is 102 Å². The van der Waals surface area contributed by atoms with Crippen LogP contribution in [-0.4, -0.2) is 35.9 Å².